The molecule has 1 heterocycles. The van der Waals surface area contributed by atoms with Gasteiger partial charge in [-0.05, 0) is 25.5 Å². The first-order chi connectivity index (χ1) is 9.08. The van der Waals surface area contributed by atoms with Gasteiger partial charge in [0.25, 0.3) is 0 Å². The van der Waals surface area contributed by atoms with Crippen LogP contribution in [0, 0.1) is 5.82 Å². The Kier molecular flexibility index (Phi) is 3.94. The molecule has 0 aliphatic carbocycles. The Morgan fingerprint density at radius 2 is 2.11 bits per heavy atom. The average molecular weight is 261 g/mol. The molecule has 1 aromatic carbocycles. The van der Waals surface area contributed by atoms with Crippen molar-refractivity contribution in [1.29, 1.82) is 0 Å². The minimum absolute atomic E-state index is 0.00987. The van der Waals surface area contributed by atoms with Gasteiger partial charge in [-0.2, -0.15) is 5.10 Å². The van der Waals surface area contributed by atoms with Gasteiger partial charge >= 0.3 is 0 Å². The molecular formula is C14H16FN3O. The number of hydrogen-bond donors (Lipinski definition) is 1. The van der Waals surface area contributed by atoms with Crippen molar-refractivity contribution in [3.8, 4) is 0 Å². The number of nitrogens with zero attached hydrogens (tertiary/aromatic N) is 2. The first-order valence-corrected chi connectivity index (χ1v) is 6.14. The molecule has 2 rings (SSSR count). The lowest BCUT2D eigenvalue weighted by molar-refractivity contribution is -0.115. The molecule has 5 heteroatoms. The SMILES string of the molecule is CC(C)n1nccc1NC(=O)Cc1ccccc1F. The van der Waals surface area contributed by atoms with Crippen molar-refractivity contribution in [1.82, 2.24) is 9.78 Å². The summed E-state index contributed by atoms with van der Waals surface area (Å²) < 4.78 is 15.1. The fourth-order valence-corrected chi connectivity index (χ4v) is 1.83. The molecular weight excluding hydrogens is 245 g/mol. The molecule has 2 aromatic rings. The summed E-state index contributed by atoms with van der Waals surface area (Å²) in [5.74, 6) is -0.00106. The van der Waals surface area contributed by atoms with E-state index in [2.05, 4.69) is 10.4 Å². The van der Waals surface area contributed by atoms with Gasteiger partial charge in [0.05, 0.1) is 12.6 Å². The molecule has 0 atom stereocenters. The molecule has 100 valence electrons. The molecule has 0 aliphatic rings. The second-order valence-corrected chi connectivity index (χ2v) is 4.57. The minimum Gasteiger partial charge on any atom is -0.311 e. The fourth-order valence-electron chi connectivity index (χ4n) is 1.83. The lowest BCUT2D eigenvalue weighted by Gasteiger charge is -2.11. The lowest BCUT2D eigenvalue weighted by Crippen LogP contribution is -2.18. The van der Waals surface area contributed by atoms with E-state index >= 15 is 0 Å². The van der Waals surface area contributed by atoms with Crippen molar-refractivity contribution in [3.63, 3.8) is 0 Å². The van der Waals surface area contributed by atoms with E-state index in [-0.39, 0.29) is 24.2 Å². The molecule has 19 heavy (non-hydrogen) atoms. The van der Waals surface area contributed by atoms with E-state index in [4.69, 9.17) is 0 Å². The third-order valence-corrected chi connectivity index (χ3v) is 2.74. The summed E-state index contributed by atoms with van der Waals surface area (Å²) in [5.41, 5.74) is 0.385. The van der Waals surface area contributed by atoms with Gasteiger partial charge in [-0.25, -0.2) is 9.07 Å². The number of carbonyl (C=O) groups is 1. The van der Waals surface area contributed by atoms with E-state index in [0.717, 1.165) is 0 Å². The number of hydrogen-bond acceptors (Lipinski definition) is 2. The average Bonchev–Trinajstić information content (AvgIpc) is 2.80. The largest absolute Gasteiger partial charge is 0.311 e. The zero-order valence-electron chi connectivity index (χ0n) is 10.9. The van der Waals surface area contributed by atoms with Crippen molar-refractivity contribution >= 4 is 11.7 Å². The number of anilines is 1. The van der Waals surface area contributed by atoms with E-state index in [1.807, 2.05) is 13.8 Å². The highest BCUT2D eigenvalue weighted by Gasteiger charge is 2.11. The van der Waals surface area contributed by atoms with E-state index in [1.54, 1.807) is 35.1 Å². The summed E-state index contributed by atoms with van der Waals surface area (Å²) in [6.07, 6.45) is 1.63. The van der Waals surface area contributed by atoms with Crippen LogP contribution >= 0.6 is 0 Å². The Balaban J connectivity index is 2.06. The first-order valence-electron chi connectivity index (χ1n) is 6.14. The summed E-state index contributed by atoms with van der Waals surface area (Å²) in [7, 11) is 0. The highest BCUT2D eigenvalue weighted by atomic mass is 19.1. The Morgan fingerprint density at radius 3 is 2.79 bits per heavy atom. The first kappa shape index (κ1) is 13.3. The Labute approximate surface area is 111 Å². The van der Waals surface area contributed by atoms with Crippen molar-refractivity contribution in [3.05, 3.63) is 47.9 Å². The van der Waals surface area contributed by atoms with Gasteiger partial charge in [0.2, 0.25) is 5.91 Å². The van der Waals surface area contributed by atoms with Crippen LogP contribution in [0.1, 0.15) is 25.5 Å². The molecule has 0 radical (unpaired) electrons. The summed E-state index contributed by atoms with van der Waals surface area (Å²) >= 11 is 0. The number of carbonyl (C=O) groups excluding carboxylic acids is 1. The highest BCUT2D eigenvalue weighted by molar-refractivity contribution is 5.91. The van der Waals surface area contributed by atoms with Gasteiger partial charge in [-0.15, -0.1) is 0 Å². The summed E-state index contributed by atoms with van der Waals surface area (Å²) in [6, 6.07) is 8.14. The monoisotopic (exact) mass is 261 g/mol. The van der Waals surface area contributed by atoms with Crippen LogP contribution < -0.4 is 5.32 Å². The fraction of sp³-hybridized carbons (Fsp3) is 0.286. The van der Waals surface area contributed by atoms with Crippen LogP contribution in [0.4, 0.5) is 10.2 Å². The molecule has 0 unspecified atom stereocenters. The van der Waals surface area contributed by atoms with Gasteiger partial charge in [-0.3, -0.25) is 4.79 Å². The number of nitrogens with one attached hydrogen (secondary N) is 1. The lowest BCUT2D eigenvalue weighted by atomic mass is 10.1. The summed E-state index contributed by atoms with van der Waals surface area (Å²) in [5, 5.41) is 6.86. The molecule has 0 spiro atoms. The zero-order valence-corrected chi connectivity index (χ0v) is 10.9. The minimum atomic E-state index is -0.366. The quantitative estimate of drug-likeness (QED) is 0.920. The Morgan fingerprint density at radius 1 is 1.37 bits per heavy atom. The third kappa shape index (κ3) is 3.19. The third-order valence-electron chi connectivity index (χ3n) is 2.74. The Bertz CT molecular complexity index is 578. The number of halogens is 1. The molecule has 0 aliphatic heterocycles. The normalized spacial score (nSPS) is 10.7. The molecule has 4 nitrogen and oxygen atoms in total. The molecule has 1 N–H and O–H groups in total. The number of rotatable bonds is 4. The highest BCUT2D eigenvalue weighted by Crippen LogP contribution is 2.14. The zero-order chi connectivity index (χ0) is 13.8. The van der Waals surface area contributed by atoms with Crippen LogP contribution in [-0.4, -0.2) is 15.7 Å². The van der Waals surface area contributed by atoms with Gasteiger partial charge in [0, 0.05) is 12.1 Å². The molecule has 0 bridgehead atoms. The second kappa shape index (κ2) is 5.65. The number of amides is 1. The van der Waals surface area contributed by atoms with E-state index < -0.39 is 0 Å². The second-order valence-electron chi connectivity index (χ2n) is 4.57. The smallest absolute Gasteiger partial charge is 0.230 e. The number of aromatic nitrogens is 2. The van der Waals surface area contributed by atoms with Crippen LogP contribution in [0.5, 0.6) is 0 Å². The maximum absolute atomic E-state index is 13.4. The molecule has 1 amide bonds. The van der Waals surface area contributed by atoms with Gasteiger partial charge in [0.1, 0.15) is 11.6 Å². The van der Waals surface area contributed by atoms with Crippen LogP contribution in [0.15, 0.2) is 36.5 Å². The van der Waals surface area contributed by atoms with E-state index in [1.165, 1.54) is 6.07 Å². The Hall–Kier alpha value is -2.17. The van der Waals surface area contributed by atoms with Crippen LogP contribution in [0.25, 0.3) is 0 Å². The van der Waals surface area contributed by atoms with E-state index in [0.29, 0.717) is 11.4 Å². The van der Waals surface area contributed by atoms with Gasteiger partial charge in [0.15, 0.2) is 0 Å². The number of benzene rings is 1. The predicted molar refractivity (Wildman–Crippen MR) is 71.3 cm³/mol. The van der Waals surface area contributed by atoms with Crippen LogP contribution in [0.2, 0.25) is 0 Å². The van der Waals surface area contributed by atoms with Crippen molar-refractivity contribution in [2.24, 2.45) is 0 Å². The molecule has 0 saturated heterocycles. The summed E-state index contributed by atoms with van der Waals surface area (Å²) in [4.78, 5) is 11.9. The van der Waals surface area contributed by atoms with Crippen LogP contribution in [0.3, 0.4) is 0 Å². The van der Waals surface area contributed by atoms with Crippen molar-refractivity contribution in [2.75, 3.05) is 5.32 Å². The van der Waals surface area contributed by atoms with Crippen molar-refractivity contribution < 1.29 is 9.18 Å². The van der Waals surface area contributed by atoms with Gasteiger partial charge < -0.3 is 5.32 Å². The van der Waals surface area contributed by atoms with Crippen LogP contribution in [-0.2, 0) is 11.2 Å². The van der Waals surface area contributed by atoms with Gasteiger partial charge in [-0.1, -0.05) is 18.2 Å². The molecule has 1 aromatic heterocycles. The van der Waals surface area contributed by atoms with Crippen molar-refractivity contribution in [2.45, 2.75) is 26.3 Å². The topological polar surface area (TPSA) is 46.9 Å². The summed E-state index contributed by atoms with van der Waals surface area (Å²) in [6.45, 7) is 3.94. The molecule has 0 saturated carbocycles. The maximum atomic E-state index is 13.4. The standard InChI is InChI=1S/C14H16FN3O/c1-10(2)18-13(7-8-16-18)17-14(19)9-11-5-3-4-6-12(11)15/h3-8,10H,9H2,1-2H3,(H,17,19). The maximum Gasteiger partial charge on any atom is 0.230 e. The predicted octanol–water partition coefficient (Wildman–Crippen LogP) is 2.78. The molecule has 0 fully saturated rings. The van der Waals surface area contributed by atoms with E-state index in [9.17, 15) is 9.18 Å².